The number of hydrogen-bond acceptors (Lipinski definition) is 6. The fourth-order valence-electron chi connectivity index (χ4n) is 3.48. The molecule has 0 amide bonds. The van der Waals surface area contributed by atoms with Gasteiger partial charge >= 0.3 is 5.97 Å². The van der Waals surface area contributed by atoms with Crippen LogP contribution in [-0.2, 0) is 4.74 Å². The molecule has 1 aliphatic rings. The van der Waals surface area contributed by atoms with Crippen LogP contribution < -0.4 is 4.74 Å². The summed E-state index contributed by atoms with van der Waals surface area (Å²) < 4.78 is 24.3. The lowest BCUT2D eigenvalue weighted by molar-refractivity contribution is 0.0600. The number of ether oxygens (including phenoxy) is 2. The zero-order valence-corrected chi connectivity index (χ0v) is 17.2. The standard InChI is InChI=1S/C22H28FN3O3/c1-22(2,23)15-26-10-8-16(9-11-26)14-29-20-13-24-19(12-25-20)17-4-6-18(7-5-17)21(27)28-3/h4-7,12-13,16H,8-11,14-15H2,1-3H3. The van der Waals surface area contributed by atoms with Crippen molar-refractivity contribution in [2.24, 2.45) is 5.92 Å². The molecular formula is C22H28FN3O3. The van der Waals surface area contributed by atoms with Crippen LogP contribution in [0.3, 0.4) is 0 Å². The highest BCUT2D eigenvalue weighted by Gasteiger charge is 2.25. The number of carbonyl (C=O) groups is 1. The van der Waals surface area contributed by atoms with Crippen molar-refractivity contribution < 1.29 is 18.7 Å². The molecule has 0 aliphatic carbocycles. The monoisotopic (exact) mass is 401 g/mol. The lowest BCUT2D eigenvalue weighted by Gasteiger charge is -2.34. The molecule has 0 N–H and O–H groups in total. The Morgan fingerprint density at radius 2 is 1.86 bits per heavy atom. The lowest BCUT2D eigenvalue weighted by atomic mass is 9.97. The Morgan fingerprint density at radius 1 is 1.17 bits per heavy atom. The largest absolute Gasteiger partial charge is 0.476 e. The Labute approximate surface area is 171 Å². The molecule has 1 aromatic carbocycles. The number of alkyl halides is 1. The third-order valence-corrected chi connectivity index (χ3v) is 5.00. The molecule has 0 unspecified atom stereocenters. The molecule has 2 heterocycles. The highest BCUT2D eigenvalue weighted by molar-refractivity contribution is 5.89. The maximum atomic E-state index is 13.8. The average molecular weight is 401 g/mol. The number of methoxy groups -OCH3 is 1. The minimum absolute atomic E-state index is 0.370. The number of rotatable bonds is 7. The summed E-state index contributed by atoms with van der Waals surface area (Å²) >= 11 is 0. The number of carbonyl (C=O) groups excluding carboxylic acids is 1. The summed E-state index contributed by atoms with van der Waals surface area (Å²) in [5.74, 6) is 0.569. The number of aromatic nitrogens is 2. The van der Waals surface area contributed by atoms with Crippen LogP contribution in [0.25, 0.3) is 11.3 Å². The molecule has 1 aromatic heterocycles. The van der Waals surface area contributed by atoms with E-state index in [4.69, 9.17) is 9.47 Å². The van der Waals surface area contributed by atoms with Gasteiger partial charge in [-0.15, -0.1) is 0 Å². The van der Waals surface area contributed by atoms with Gasteiger partial charge in [-0.3, -0.25) is 0 Å². The van der Waals surface area contributed by atoms with E-state index >= 15 is 0 Å². The van der Waals surface area contributed by atoms with Gasteiger partial charge in [-0.05, 0) is 57.8 Å². The molecule has 1 fully saturated rings. The van der Waals surface area contributed by atoms with Gasteiger partial charge < -0.3 is 14.4 Å². The fraction of sp³-hybridized carbons (Fsp3) is 0.500. The van der Waals surface area contributed by atoms with E-state index in [0.717, 1.165) is 31.5 Å². The van der Waals surface area contributed by atoms with Crippen molar-refractivity contribution in [3.63, 3.8) is 0 Å². The zero-order valence-electron chi connectivity index (χ0n) is 17.2. The second-order valence-corrected chi connectivity index (χ2v) is 8.06. The molecule has 0 bridgehead atoms. The topological polar surface area (TPSA) is 64.6 Å². The first kappa shape index (κ1) is 21.2. The van der Waals surface area contributed by atoms with Crippen molar-refractivity contribution in [1.82, 2.24) is 14.9 Å². The molecule has 6 nitrogen and oxygen atoms in total. The van der Waals surface area contributed by atoms with Crippen molar-refractivity contribution in [2.75, 3.05) is 33.4 Å². The molecule has 1 saturated heterocycles. The summed E-state index contributed by atoms with van der Waals surface area (Å²) in [5.41, 5.74) is 0.904. The Balaban J connectivity index is 1.48. The fourth-order valence-corrected chi connectivity index (χ4v) is 3.48. The average Bonchev–Trinajstić information content (AvgIpc) is 2.72. The molecule has 29 heavy (non-hydrogen) atoms. The van der Waals surface area contributed by atoms with Crippen LogP contribution in [0.1, 0.15) is 37.0 Å². The Morgan fingerprint density at radius 3 is 2.41 bits per heavy atom. The molecule has 3 rings (SSSR count). The lowest BCUT2D eigenvalue weighted by Crippen LogP contribution is -2.41. The van der Waals surface area contributed by atoms with E-state index in [0.29, 0.717) is 36.2 Å². The van der Waals surface area contributed by atoms with Crippen molar-refractivity contribution in [1.29, 1.82) is 0 Å². The number of esters is 1. The van der Waals surface area contributed by atoms with Gasteiger partial charge in [0.25, 0.3) is 0 Å². The first-order chi connectivity index (χ1) is 13.8. The first-order valence-corrected chi connectivity index (χ1v) is 9.89. The number of nitrogens with zero attached hydrogens (tertiary/aromatic N) is 3. The Bertz CT molecular complexity index is 796. The van der Waals surface area contributed by atoms with Crippen molar-refractivity contribution in [2.45, 2.75) is 32.4 Å². The van der Waals surface area contributed by atoms with E-state index in [1.807, 2.05) is 12.1 Å². The van der Waals surface area contributed by atoms with Crippen LogP contribution >= 0.6 is 0 Å². The summed E-state index contributed by atoms with van der Waals surface area (Å²) in [6.07, 6.45) is 5.26. The number of hydrogen-bond donors (Lipinski definition) is 0. The summed E-state index contributed by atoms with van der Waals surface area (Å²) in [6.45, 7) is 6.11. The van der Waals surface area contributed by atoms with Crippen LogP contribution in [0.4, 0.5) is 4.39 Å². The molecular weight excluding hydrogens is 373 g/mol. The number of halogens is 1. The van der Waals surface area contributed by atoms with Gasteiger partial charge in [0.1, 0.15) is 5.67 Å². The maximum Gasteiger partial charge on any atom is 0.337 e. The molecule has 156 valence electrons. The zero-order chi connectivity index (χ0) is 20.9. The Hall–Kier alpha value is -2.54. The van der Waals surface area contributed by atoms with E-state index in [9.17, 15) is 9.18 Å². The summed E-state index contributed by atoms with van der Waals surface area (Å²) in [4.78, 5) is 22.4. The van der Waals surface area contributed by atoms with E-state index < -0.39 is 5.67 Å². The maximum absolute atomic E-state index is 13.8. The molecule has 0 radical (unpaired) electrons. The van der Waals surface area contributed by atoms with Gasteiger partial charge in [0.05, 0.1) is 37.4 Å². The minimum atomic E-state index is -1.15. The van der Waals surface area contributed by atoms with E-state index in [1.165, 1.54) is 7.11 Å². The van der Waals surface area contributed by atoms with Crippen LogP contribution in [-0.4, -0.2) is 59.9 Å². The summed E-state index contributed by atoms with van der Waals surface area (Å²) in [7, 11) is 1.36. The second kappa shape index (κ2) is 9.31. The van der Waals surface area contributed by atoms with Crippen molar-refractivity contribution >= 4 is 5.97 Å². The van der Waals surface area contributed by atoms with Crippen LogP contribution in [0.2, 0.25) is 0 Å². The molecule has 7 heteroatoms. The smallest absolute Gasteiger partial charge is 0.337 e. The van der Waals surface area contributed by atoms with Gasteiger partial charge in [-0.2, -0.15) is 0 Å². The van der Waals surface area contributed by atoms with Gasteiger partial charge in [0.15, 0.2) is 0 Å². The molecule has 0 saturated carbocycles. The highest BCUT2D eigenvalue weighted by atomic mass is 19.1. The molecule has 2 aromatic rings. The van der Waals surface area contributed by atoms with Gasteiger partial charge in [-0.25, -0.2) is 19.2 Å². The van der Waals surface area contributed by atoms with Crippen LogP contribution in [0.5, 0.6) is 5.88 Å². The number of benzene rings is 1. The highest BCUT2D eigenvalue weighted by Crippen LogP contribution is 2.22. The first-order valence-electron chi connectivity index (χ1n) is 9.89. The van der Waals surface area contributed by atoms with Gasteiger partial charge in [0, 0.05) is 12.1 Å². The van der Waals surface area contributed by atoms with E-state index in [-0.39, 0.29) is 5.97 Å². The van der Waals surface area contributed by atoms with E-state index in [1.54, 1.807) is 38.4 Å². The Kier molecular flexibility index (Phi) is 6.79. The normalized spacial score (nSPS) is 15.9. The predicted octanol–water partition coefficient (Wildman–Crippen LogP) is 3.77. The predicted molar refractivity (Wildman–Crippen MR) is 109 cm³/mol. The van der Waals surface area contributed by atoms with Gasteiger partial charge in [0.2, 0.25) is 5.88 Å². The van der Waals surface area contributed by atoms with Crippen molar-refractivity contribution in [3.05, 3.63) is 42.2 Å². The molecule has 1 aliphatic heterocycles. The number of piperidine rings is 1. The quantitative estimate of drug-likeness (QED) is 0.658. The second-order valence-electron chi connectivity index (χ2n) is 8.06. The van der Waals surface area contributed by atoms with Gasteiger partial charge in [-0.1, -0.05) is 12.1 Å². The third-order valence-electron chi connectivity index (χ3n) is 5.00. The third kappa shape index (κ3) is 6.22. The number of likely N-dealkylation sites (tertiary alicyclic amines) is 1. The summed E-state index contributed by atoms with van der Waals surface area (Å²) in [6, 6.07) is 7.01. The van der Waals surface area contributed by atoms with Crippen LogP contribution in [0, 0.1) is 5.92 Å². The molecule has 0 atom stereocenters. The summed E-state index contributed by atoms with van der Waals surface area (Å²) in [5, 5.41) is 0. The SMILES string of the molecule is COC(=O)c1ccc(-c2cnc(OCC3CCN(CC(C)(C)F)CC3)cn2)cc1. The van der Waals surface area contributed by atoms with Crippen LogP contribution in [0.15, 0.2) is 36.7 Å². The minimum Gasteiger partial charge on any atom is -0.476 e. The van der Waals surface area contributed by atoms with Crippen molar-refractivity contribution in [3.8, 4) is 17.1 Å². The molecule has 0 spiro atoms. The van der Waals surface area contributed by atoms with E-state index in [2.05, 4.69) is 14.9 Å².